The van der Waals surface area contributed by atoms with Crippen molar-refractivity contribution in [2.24, 2.45) is 0 Å². The molecule has 0 saturated heterocycles. The molecule has 0 bridgehead atoms. The van der Waals surface area contributed by atoms with Crippen molar-refractivity contribution in [1.82, 2.24) is 0 Å². The summed E-state index contributed by atoms with van der Waals surface area (Å²) in [5.74, 6) is -0.364. The number of ether oxygens (including phenoxy) is 1. The number of hydrogen-bond donors (Lipinski definition) is 1. The van der Waals surface area contributed by atoms with Gasteiger partial charge in [-0.1, -0.05) is 11.6 Å². The zero-order valence-corrected chi connectivity index (χ0v) is 10.8. The Bertz CT molecular complexity index is 325. The lowest BCUT2D eigenvalue weighted by molar-refractivity contribution is 0.129. The minimum atomic E-state index is -0.364. The Kier molecular flexibility index (Phi) is 4.83. The van der Waals surface area contributed by atoms with Crippen molar-refractivity contribution in [3.8, 4) is 0 Å². The molecule has 1 atom stereocenters. The Morgan fingerprint density at radius 2 is 2.27 bits per heavy atom. The highest BCUT2D eigenvalue weighted by Gasteiger charge is 2.08. The number of rotatable bonds is 4. The maximum atomic E-state index is 12.9. The summed E-state index contributed by atoms with van der Waals surface area (Å²) < 4.78 is 18.6. The van der Waals surface area contributed by atoms with Crippen molar-refractivity contribution in [3.63, 3.8) is 0 Å². The van der Waals surface area contributed by atoms with E-state index in [2.05, 4.69) is 21.2 Å². The van der Waals surface area contributed by atoms with Crippen molar-refractivity contribution in [1.29, 1.82) is 0 Å². The van der Waals surface area contributed by atoms with Gasteiger partial charge in [-0.2, -0.15) is 0 Å². The van der Waals surface area contributed by atoms with Gasteiger partial charge in [0.05, 0.1) is 16.8 Å². The highest BCUT2D eigenvalue weighted by molar-refractivity contribution is 9.10. The van der Waals surface area contributed by atoms with Gasteiger partial charge in [0.15, 0.2) is 0 Å². The van der Waals surface area contributed by atoms with Crippen LogP contribution in [0.15, 0.2) is 16.6 Å². The van der Waals surface area contributed by atoms with Crippen LogP contribution >= 0.6 is 27.5 Å². The molecule has 0 radical (unpaired) electrons. The molecule has 1 N–H and O–H groups in total. The number of nitrogens with one attached hydrogen (secondary N) is 1. The molecule has 1 unspecified atom stereocenters. The van der Waals surface area contributed by atoms with Gasteiger partial charge in [-0.15, -0.1) is 0 Å². The Labute approximate surface area is 102 Å². The molecule has 84 valence electrons. The molecule has 5 heteroatoms. The van der Waals surface area contributed by atoms with Crippen LogP contribution in [0.4, 0.5) is 10.1 Å². The summed E-state index contributed by atoms with van der Waals surface area (Å²) in [5.41, 5.74) is 0.682. The Hall–Kier alpha value is -0.320. The standard InChI is InChI=1S/C10H12BrClFNO/c1-6(15-2)5-14-10-8(11)3-7(13)4-9(10)12/h3-4,6,14H,5H2,1-2H3. The molecule has 1 aromatic rings. The molecule has 1 rings (SSSR count). The van der Waals surface area contributed by atoms with E-state index in [4.69, 9.17) is 16.3 Å². The molecule has 2 nitrogen and oxygen atoms in total. The van der Waals surface area contributed by atoms with Crippen molar-refractivity contribution >= 4 is 33.2 Å². The predicted molar refractivity (Wildman–Crippen MR) is 64.1 cm³/mol. The van der Waals surface area contributed by atoms with Crippen LogP contribution in [-0.2, 0) is 4.74 Å². The first kappa shape index (κ1) is 12.7. The molecule has 0 aliphatic rings. The predicted octanol–water partition coefficient (Wildman–Crippen LogP) is 3.69. The number of benzene rings is 1. The van der Waals surface area contributed by atoms with Crippen molar-refractivity contribution in [3.05, 3.63) is 27.4 Å². The fraction of sp³-hybridized carbons (Fsp3) is 0.400. The summed E-state index contributed by atoms with van der Waals surface area (Å²) in [6.07, 6.45) is 0.0676. The summed E-state index contributed by atoms with van der Waals surface area (Å²) >= 11 is 9.13. The van der Waals surface area contributed by atoms with Crippen LogP contribution in [0, 0.1) is 5.82 Å². The molecule has 0 heterocycles. The minimum Gasteiger partial charge on any atom is -0.380 e. The third kappa shape index (κ3) is 3.63. The van der Waals surface area contributed by atoms with Crippen molar-refractivity contribution < 1.29 is 9.13 Å². The maximum Gasteiger partial charge on any atom is 0.125 e. The van der Waals surface area contributed by atoms with Gasteiger partial charge in [-0.3, -0.25) is 0 Å². The molecular weight excluding hydrogens is 284 g/mol. The minimum absolute atomic E-state index is 0.0676. The van der Waals surface area contributed by atoms with Gasteiger partial charge in [0.2, 0.25) is 0 Å². The van der Waals surface area contributed by atoms with E-state index < -0.39 is 0 Å². The summed E-state index contributed by atoms with van der Waals surface area (Å²) in [7, 11) is 1.63. The molecule has 0 amide bonds. The lowest BCUT2D eigenvalue weighted by Crippen LogP contribution is -2.18. The van der Waals surface area contributed by atoms with Gasteiger partial charge in [0, 0.05) is 18.1 Å². The molecule has 0 aromatic heterocycles. The van der Waals surface area contributed by atoms with E-state index in [1.54, 1.807) is 7.11 Å². The monoisotopic (exact) mass is 295 g/mol. The quantitative estimate of drug-likeness (QED) is 0.915. The average molecular weight is 297 g/mol. The van der Waals surface area contributed by atoms with Gasteiger partial charge in [0.25, 0.3) is 0 Å². The lowest BCUT2D eigenvalue weighted by atomic mass is 10.3. The van der Waals surface area contributed by atoms with E-state index in [-0.39, 0.29) is 11.9 Å². The molecule has 0 aliphatic heterocycles. The fourth-order valence-corrected chi connectivity index (χ4v) is 2.00. The first-order valence-corrected chi connectivity index (χ1v) is 5.63. The van der Waals surface area contributed by atoms with Crippen LogP contribution in [0.3, 0.4) is 0 Å². The number of hydrogen-bond acceptors (Lipinski definition) is 2. The number of anilines is 1. The van der Waals surface area contributed by atoms with Crippen LogP contribution in [0.2, 0.25) is 5.02 Å². The Balaban J connectivity index is 2.77. The van der Waals surface area contributed by atoms with Crippen LogP contribution in [0.5, 0.6) is 0 Å². The Morgan fingerprint density at radius 1 is 1.60 bits per heavy atom. The third-order valence-electron chi connectivity index (χ3n) is 1.98. The molecule has 1 aromatic carbocycles. The van der Waals surface area contributed by atoms with Gasteiger partial charge in [0.1, 0.15) is 5.82 Å². The van der Waals surface area contributed by atoms with Gasteiger partial charge < -0.3 is 10.1 Å². The summed E-state index contributed by atoms with van der Waals surface area (Å²) in [4.78, 5) is 0. The second kappa shape index (κ2) is 5.68. The lowest BCUT2D eigenvalue weighted by Gasteiger charge is -2.14. The average Bonchev–Trinajstić information content (AvgIpc) is 2.15. The first-order valence-electron chi connectivity index (χ1n) is 4.45. The largest absolute Gasteiger partial charge is 0.380 e. The van der Waals surface area contributed by atoms with Crippen LogP contribution in [0.25, 0.3) is 0 Å². The highest BCUT2D eigenvalue weighted by atomic mass is 79.9. The molecule has 0 fully saturated rings. The topological polar surface area (TPSA) is 21.3 Å². The number of halogens is 3. The molecular formula is C10H12BrClFNO. The maximum absolute atomic E-state index is 12.9. The summed E-state index contributed by atoms with van der Waals surface area (Å²) in [6, 6.07) is 2.64. The number of methoxy groups -OCH3 is 1. The van der Waals surface area contributed by atoms with Crippen LogP contribution < -0.4 is 5.32 Å². The fourth-order valence-electron chi connectivity index (χ4n) is 1.04. The molecule has 0 spiro atoms. The van der Waals surface area contributed by atoms with E-state index in [9.17, 15) is 4.39 Å². The van der Waals surface area contributed by atoms with Gasteiger partial charge in [-0.25, -0.2) is 4.39 Å². The smallest absolute Gasteiger partial charge is 0.125 e. The van der Waals surface area contributed by atoms with E-state index in [1.807, 2.05) is 6.92 Å². The van der Waals surface area contributed by atoms with Gasteiger partial charge in [-0.05, 0) is 35.0 Å². The van der Waals surface area contributed by atoms with Crippen LogP contribution in [-0.4, -0.2) is 19.8 Å². The molecule has 0 aliphatic carbocycles. The summed E-state index contributed by atoms with van der Waals surface area (Å²) in [5, 5.41) is 3.44. The molecule has 0 saturated carbocycles. The normalized spacial score (nSPS) is 12.6. The zero-order valence-electron chi connectivity index (χ0n) is 8.48. The van der Waals surface area contributed by atoms with Gasteiger partial charge >= 0.3 is 0 Å². The zero-order chi connectivity index (χ0) is 11.4. The molecule has 15 heavy (non-hydrogen) atoms. The second-order valence-corrected chi connectivity index (χ2v) is 4.43. The van der Waals surface area contributed by atoms with Crippen LogP contribution in [0.1, 0.15) is 6.92 Å². The van der Waals surface area contributed by atoms with E-state index in [1.165, 1.54) is 12.1 Å². The first-order chi connectivity index (χ1) is 7.04. The van der Waals surface area contributed by atoms with Crippen molar-refractivity contribution in [2.75, 3.05) is 19.0 Å². The van der Waals surface area contributed by atoms with Crippen molar-refractivity contribution in [2.45, 2.75) is 13.0 Å². The second-order valence-electron chi connectivity index (χ2n) is 3.17. The highest BCUT2D eigenvalue weighted by Crippen LogP contribution is 2.31. The van der Waals surface area contributed by atoms with E-state index in [0.717, 1.165) is 0 Å². The Morgan fingerprint density at radius 3 is 2.80 bits per heavy atom. The SMILES string of the molecule is COC(C)CNc1c(Cl)cc(F)cc1Br. The third-order valence-corrected chi connectivity index (χ3v) is 2.90. The van der Waals surface area contributed by atoms with E-state index >= 15 is 0 Å². The summed E-state index contributed by atoms with van der Waals surface area (Å²) in [6.45, 7) is 2.54. The van der Waals surface area contributed by atoms with E-state index in [0.29, 0.717) is 21.7 Å².